The van der Waals surface area contributed by atoms with Gasteiger partial charge in [-0.25, -0.2) is 4.79 Å². The predicted molar refractivity (Wildman–Crippen MR) is 87.9 cm³/mol. The number of amides is 2. The molecule has 21 heavy (non-hydrogen) atoms. The molecule has 0 fully saturated rings. The van der Waals surface area contributed by atoms with Gasteiger partial charge in [-0.2, -0.15) is 0 Å². The maximum absolute atomic E-state index is 11.6. The van der Waals surface area contributed by atoms with E-state index in [-0.39, 0.29) is 6.03 Å². The summed E-state index contributed by atoms with van der Waals surface area (Å²) < 4.78 is 0. The Bertz CT molecular complexity index is 408. The lowest BCUT2D eigenvalue weighted by atomic mass is 10.1. The summed E-state index contributed by atoms with van der Waals surface area (Å²) in [5.74, 6) is 0. The monoisotopic (exact) mass is 313 g/mol. The minimum Gasteiger partial charge on any atom is -0.338 e. The zero-order valence-corrected chi connectivity index (χ0v) is 14.1. The third-order valence-corrected chi connectivity index (χ3v) is 4.04. The molecule has 0 bridgehead atoms. The molecule has 120 valence electrons. The topological polar surface area (TPSA) is 70.1 Å². The van der Waals surface area contributed by atoms with Gasteiger partial charge in [-0.1, -0.05) is 37.5 Å². The van der Waals surface area contributed by atoms with Gasteiger partial charge in [-0.3, -0.25) is 5.32 Å². The fourth-order valence-corrected chi connectivity index (χ4v) is 2.55. The molecule has 7 heteroatoms. The number of aryl methyl sites for hydroxylation is 1. The molecule has 0 aliphatic rings. The van der Waals surface area contributed by atoms with Gasteiger partial charge < -0.3 is 10.2 Å². The Morgan fingerprint density at radius 3 is 2.52 bits per heavy atom. The number of hydrogen-bond donors (Lipinski definition) is 2. The SMILES string of the molecule is CCc1nnc(NC(=O)NCCCCCCCN(C)C)s1. The lowest BCUT2D eigenvalue weighted by Gasteiger charge is -2.08. The Kier molecular flexibility index (Phi) is 8.93. The first-order chi connectivity index (χ1) is 10.1. The standard InChI is InChI=1S/C14H27N5OS/c1-4-12-17-18-14(21-12)16-13(20)15-10-8-6-5-7-9-11-19(2)3/h4-11H2,1-3H3,(H2,15,16,18,20). The summed E-state index contributed by atoms with van der Waals surface area (Å²) in [5.41, 5.74) is 0. The van der Waals surface area contributed by atoms with Crippen LogP contribution in [0.3, 0.4) is 0 Å². The molecule has 0 unspecified atom stereocenters. The average Bonchev–Trinajstić information content (AvgIpc) is 2.89. The van der Waals surface area contributed by atoms with Crippen LogP contribution >= 0.6 is 11.3 Å². The zero-order chi connectivity index (χ0) is 15.5. The van der Waals surface area contributed by atoms with Gasteiger partial charge in [0.25, 0.3) is 0 Å². The summed E-state index contributed by atoms with van der Waals surface area (Å²) in [6.45, 7) is 3.88. The van der Waals surface area contributed by atoms with Gasteiger partial charge in [-0.05, 0) is 39.9 Å². The van der Waals surface area contributed by atoms with Crippen molar-refractivity contribution < 1.29 is 4.79 Å². The van der Waals surface area contributed by atoms with Crippen LogP contribution in [0.1, 0.15) is 44.0 Å². The average molecular weight is 313 g/mol. The van der Waals surface area contributed by atoms with E-state index in [0.29, 0.717) is 11.7 Å². The molecule has 6 nitrogen and oxygen atoms in total. The van der Waals surface area contributed by atoms with Crippen LogP contribution in [0.15, 0.2) is 0 Å². The molecular weight excluding hydrogens is 286 g/mol. The molecule has 0 radical (unpaired) electrons. The summed E-state index contributed by atoms with van der Waals surface area (Å²) in [5, 5.41) is 14.9. The number of rotatable bonds is 10. The second-order valence-corrected chi connectivity index (χ2v) is 6.37. The fourth-order valence-electron chi connectivity index (χ4n) is 1.87. The van der Waals surface area contributed by atoms with Crippen molar-refractivity contribution >= 4 is 22.5 Å². The zero-order valence-electron chi connectivity index (χ0n) is 13.3. The molecule has 1 heterocycles. The van der Waals surface area contributed by atoms with Crippen molar-refractivity contribution in [3.63, 3.8) is 0 Å². The highest BCUT2D eigenvalue weighted by molar-refractivity contribution is 7.15. The van der Waals surface area contributed by atoms with Gasteiger partial charge in [0.2, 0.25) is 5.13 Å². The van der Waals surface area contributed by atoms with Crippen LogP contribution in [-0.4, -0.2) is 48.3 Å². The van der Waals surface area contributed by atoms with E-state index >= 15 is 0 Å². The number of aromatic nitrogens is 2. The third kappa shape index (κ3) is 8.62. The summed E-state index contributed by atoms with van der Waals surface area (Å²) in [6.07, 6.45) is 6.76. The molecule has 0 saturated carbocycles. The van der Waals surface area contributed by atoms with Crippen molar-refractivity contribution in [1.82, 2.24) is 20.4 Å². The second-order valence-electron chi connectivity index (χ2n) is 5.31. The second kappa shape index (κ2) is 10.5. The van der Waals surface area contributed by atoms with Crippen LogP contribution in [0.2, 0.25) is 0 Å². The molecule has 1 aromatic rings. The lowest BCUT2D eigenvalue weighted by molar-refractivity contribution is 0.252. The molecule has 0 aliphatic heterocycles. The Morgan fingerprint density at radius 1 is 1.14 bits per heavy atom. The van der Waals surface area contributed by atoms with Crippen LogP contribution in [0, 0.1) is 0 Å². The van der Waals surface area contributed by atoms with Crippen molar-refractivity contribution in [1.29, 1.82) is 0 Å². The summed E-state index contributed by atoms with van der Waals surface area (Å²) >= 11 is 1.42. The largest absolute Gasteiger partial charge is 0.338 e. The van der Waals surface area contributed by atoms with E-state index in [1.807, 2.05) is 6.92 Å². The number of nitrogens with zero attached hydrogens (tertiary/aromatic N) is 3. The minimum atomic E-state index is -0.193. The van der Waals surface area contributed by atoms with Crippen molar-refractivity contribution in [3.05, 3.63) is 5.01 Å². The smallest absolute Gasteiger partial charge is 0.321 e. The van der Waals surface area contributed by atoms with Crippen LogP contribution in [-0.2, 0) is 6.42 Å². The number of carbonyl (C=O) groups excluding carboxylic acids is 1. The van der Waals surface area contributed by atoms with Gasteiger partial charge in [0.15, 0.2) is 0 Å². The van der Waals surface area contributed by atoms with E-state index in [1.54, 1.807) is 0 Å². The van der Waals surface area contributed by atoms with Crippen LogP contribution in [0.4, 0.5) is 9.93 Å². The predicted octanol–water partition coefficient (Wildman–Crippen LogP) is 2.73. The Labute approximate surface area is 131 Å². The van der Waals surface area contributed by atoms with Crippen molar-refractivity contribution in [3.8, 4) is 0 Å². The first-order valence-electron chi connectivity index (χ1n) is 7.63. The molecule has 1 aromatic heterocycles. The van der Waals surface area contributed by atoms with E-state index in [0.717, 1.165) is 30.8 Å². The lowest BCUT2D eigenvalue weighted by Crippen LogP contribution is -2.29. The normalized spacial score (nSPS) is 10.9. The number of hydrogen-bond acceptors (Lipinski definition) is 5. The molecule has 0 aliphatic carbocycles. The van der Waals surface area contributed by atoms with Gasteiger partial charge in [0, 0.05) is 6.54 Å². The summed E-state index contributed by atoms with van der Waals surface area (Å²) in [7, 11) is 4.20. The van der Waals surface area contributed by atoms with Gasteiger partial charge >= 0.3 is 6.03 Å². The highest BCUT2D eigenvalue weighted by Crippen LogP contribution is 2.14. The van der Waals surface area contributed by atoms with Crippen molar-refractivity contribution in [2.45, 2.75) is 45.4 Å². The fraction of sp³-hybridized carbons (Fsp3) is 0.786. The van der Waals surface area contributed by atoms with E-state index in [9.17, 15) is 4.79 Å². The number of nitrogens with one attached hydrogen (secondary N) is 2. The van der Waals surface area contributed by atoms with E-state index in [1.165, 1.54) is 30.6 Å². The quantitative estimate of drug-likeness (QED) is 0.652. The maximum atomic E-state index is 11.6. The summed E-state index contributed by atoms with van der Waals surface area (Å²) in [4.78, 5) is 13.8. The molecule has 1 rings (SSSR count). The minimum absolute atomic E-state index is 0.193. The number of anilines is 1. The van der Waals surface area contributed by atoms with Gasteiger partial charge in [0.05, 0.1) is 0 Å². The Hall–Kier alpha value is -1.21. The van der Waals surface area contributed by atoms with Crippen molar-refractivity contribution in [2.24, 2.45) is 0 Å². The molecule has 2 amide bonds. The Morgan fingerprint density at radius 2 is 1.86 bits per heavy atom. The highest BCUT2D eigenvalue weighted by atomic mass is 32.1. The highest BCUT2D eigenvalue weighted by Gasteiger charge is 2.06. The summed E-state index contributed by atoms with van der Waals surface area (Å²) in [6, 6.07) is -0.193. The van der Waals surface area contributed by atoms with Gasteiger partial charge in [0.1, 0.15) is 5.01 Å². The van der Waals surface area contributed by atoms with Crippen LogP contribution in [0.25, 0.3) is 0 Å². The molecule has 0 spiro atoms. The van der Waals surface area contributed by atoms with E-state index in [4.69, 9.17) is 0 Å². The number of unbranched alkanes of at least 4 members (excludes halogenated alkanes) is 4. The van der Waals surface area contributed by atoms with Crippen molar-refractivity contribution in [2.75, 3.05) is 32.5 Å². The molecular formula is C14H27N5OS. The molecule has 0 atom stereocenters. The van der Waals surface area contributed by atoms with Gasteiger partial charge in [-0.15, -0.1) is 10.2 Å². The first-order valence-corrected chi connectivity index (χ1v) is 8.45. The molecule has 2 N–H and O–H groups in total. The molecule has 0 saturated heterocycles. The number of carbonyl (C=O) groups is 1. The third-order valence-electron chi connectivity index (χ3n) is 3.06. The Balaban J connectivity index is 1.98. The maximum Gasteiger partial charge on any atom is 0.321 e. The van der Waals surface area contributed by atoms with E-state index in [2.05, 4.69) is 39.8 Å². The van der Waals surface area contributed by atoms with Crippen LogP contribution in [0.5, 0.6) is 0 Å². The van der Waals surface area contributed by atoms with E-state index < -0.39 is 0 Å². The molecule has 0 aromatic carbocycles. The van der Waals surface area contributed by atoms with Crippen LogP contribution < -0.4 is 10.6 Å². The first kappa shape index (κ1) is 17.8. The number of urea groups is 1.